The standard InChI is InChI=1S/C22H21BrCl2N2O/c1-14-9-16(23)10-21-18(14)11-17(26(21)2)12-19-20(24)4-3-15(22(19)25)13-27-5-7-28-8-6-27/h3-4,9-11H,5-8,12H2,1-2H3. The first-order valence-corrected chi connectivity index (χ1v) is 10.8. The molecule has 1 aliphatic heterocycles. The molecule has 2 heterocycles. The summed E-state index contributed by atoms with van der Waals surface area (Å²) in [4.78, 5) is 2.13. The van der Waals surface area contributed by atoms with Crippen molar-refractivity contribution >= 4 is 50.0 Å². The molecule has 3 nitrogen and oxygen atoms in total. The van der Waals surface area contributed by atoms with Crippen LogP contribution < -0.4 is 0 Å². The lowest BCUT2D eigenvalue weighted by atomic mass is 10.0. The Bertz CT molecular complexity index is 1030. The van der Waals surface area contributed by atoms with Gasteiger partial charge >= 0.3 is 0 Å². The van der Waals surface area contributed by atoms with Crippen LogP contribution in [0.2, 0.25) is 10.0 Å². The van der Waals surface area contributed by atoms with Crippen LogP contribution in [0.3, 0.4) is 0 Å². The molecule has 0 unspecified atom stereocenters. The number of halogens is 3. The van der Waals surface area contributed by atoms with Crippen LogP contribution in [0.5, 0.6) is 0 Å². The minimum Gasteiger partial charge on any atom is -0.379 e. The third-order valence-electron chi connectivity index (χ3n) is 5.27. The summed E-state index contributed by atoms with van der Waals surface area (Å²) in [5.74, 6) is 0. The van der Waals surface area contributed by atoms with Crippen molar-refractivity contribution in [2.24, 2.45) is 7.05 Å². The Hall–Kier alpha value is -1.04. The van der Waals surface area contributed by atoms with E-state index in [1.165, 1.54) is 22.2 Å². The monoisotopic (exact) mass is 478 g/mol. The highest BCUT2D eigenvalue weighted by molar-refractivity contribution is 9.10. The molecule has 0 spiro atoms. The second-order valence-corrected chi connectivity index (χ2v) is 8.83. The van der Waals surface area contributed by atoms with Crippen LogP contribution in [0.1, 0.15) is 22.4 Å². The number of rotatable bonds is 4. The molecule has 28 heavy (non-hydrogen) atoms. The van der Waals surface area contributed by atoms with E-state index in [0.29, 0.717) is 16.5 Å². The van der Waals surface area contributed by atoms with Gasteiger partial charge in [-0.3, -0.25) is 4.90 Å². The average molecular weight is 480 g/mol. The molecule has 2 radical (unpaired) electrons. The summed E-state index contributed by atoms with van der Waals surface area (Å²) >= 11 is 16.9. The van der Waals surface area contributed by atoms with Gasteiger partial charge in [0.2, 0.25) is 0 Å². The fourth-order valence-corrected chi connectivity index (χ4v) is 4.77. The SMILES string of the molecule is Cc1cc(Br)cc2c1cc(Cc1c(Cl)ccc([C]N3CCOCC3)c1Cl)n2C. The second-order valence-electron chi connectivity index (χ2n) is 7.13. The maximum Gasteiger partial charge on any atom is 0.0980 e. The summed E-state index contributed by atoms with van der Waals surface area (Å²) in [5.41, 5.74) is 5.41. The van der Waals surface area contributed by atoms with Crippen LogP contribution in [-0.4, -0.2) is 35.8 Å². The van der Waals surface area contributed by atoms with Crippen LogP contribution >= 0.6 is 39.1 Å². The minimum absolute atomic E-state index is 0.665. The van der Waals surface area contributed by atoms with Crippen molar-refractivity contribution in [2.45, 2.75) is 13.3 Å². The second kappa shape index (κ2) is 8.37. The van der Waals surface area contributed by atoms with Gasteiger partial charge in [-0.15, -0.1) is 0 Å². The number of hydrogen-bond acceptors (Lipinski definition) is 2. The van der Waals surface area contributed by atoms with Crippen LogP contribution in [-0.2, 0) is 18.2 Å². The van der Waals surface area contributed by atoms with E-state index in [1.807, 2.05) is 12.1 Å². The van der Waals surface area contributed by atoms with Gasteiger partial charge in [0.15, 0.2) is 0 Å². The molecule has 1 aliphatic rings. The van der Waals surface area contributed by atoms with Crippen molar-refractivity contribution in [2.75, 3.05) is 26.3 Å². The third kappa shape index (κ3) is 3.99. The quantitative estimate of drug-likeness (QED) is 0.465. The summed E-state index contributed by atoms with van der Waals surface area (Å²) in [6.45, 7) is 8.63. The third-order valence-corrected chi connectivity index (χ3v) is 6.51. The topological polar surface area (TPSA) is 17.4 Å². The molecule has 146 valence electrons. The Morgan fingerprint density at radius 1 is 1.14 bits per heavy atom. The number of benzene rings is 2. The molecule has 0 amide bonds. The van der Waals surface area contributed by atoms with E-state index in [1.54, 1.807) is 0 Å². The fraction of sp³-hybridized carbons (Fsp3) is 0.318. The lowest BCUT2D eigenvalue weighted by Crippen LogP contribution is -2.34. The Kier molecular flexibility index (Phi) is 6.05. The molecule has 0 N–H and O–H groups in total. The molecule has 0 saturated carbocycles. The van der Waals surface area contributed by atoms with Crippen molar-refractivity contribution in [3.05, 3.63) is 73.8 Å². The Morgan fingerprint density at radius 2 is 1.89 bits per heavy atom. The summed E-state index contributed by atoms with van der Waals surface area (Å²) in [6, 6.07) is 10.4. The minimum atomic E-state index is 0.665. The Labute approximate surface area is 184 Å². The van der Waals surface area contributed by atoms with Gasteiger partial charge in [-0.1, -0.05) is 45.2 Å². The van der Waals surface area contributed by atoms with E-state index in [0.717, 1.165) is 41.9 Å². The van der Waals surface area contributed by atoms with Gasteiger partial charge in [0.05, 0.1) is 24.8 Å². The highest BCUT2D eigenvalue weighted by Gasteiger charge is 2.18. The average Bonchev–Trinajstić information content (AvgIpc) is 2.98. The number of ether oxygens (including phenoxy) is 1. The molecule has 0 bridgehead atoms. The van der Waals surface area contributed by atoms with Gasteiger partial charge in [-0.05, 0) is 47.9 Å². The van der Waals surface area contributed by atoms with Gasteiger partial charge in [0, 0.05) is 52.7 Å². The van der Waals surface area contributed by atoms with Gasteiger partial charge in [0.25, 0.3) is 0 Å². The Morgan fingerprint density at radius 3 is 2.64 bits per heavy atom. The van der Waals surface area contributed by atoms with Crippen molar-refractivity contribution < 1.29 is 4.74 Å². The molecule has 6 heteroatoms. The van der Waals surface area contributed by atoms with Gasteiger partial charge in [-0.25, -0.2) is 0 Å². The van der Waals surface area contributed by atoms with Crippen LogP contribution in [0.4, 0.5) is 0 Å². The number of fused-ring (bicyclic) bond motifs is 1. The largest absolute Gasteiger partial charge is 0.379 e. The molecular formula is C22H21BrCl2N2O. The first-order valence-electron chi connectivity index (χ1n) is 9.24. The first-order chi connectivity index (χ1) is 13.4. The van der Waals surface area contributed by atoms with Crippen molar-refractivity contribution in [3.63, 3.8) is 0 Å². The van der Waals surface area contributed by atoms with E-state index in [-0.39, 0.29) is 0 Å². The van der Waals surface area contributed by atoms with E-state index >= 15 is 0 Å². The summed E-state index contributed by atoms with van der Waals surface area (Å²) in [7, 11) is 2.08. The summed E-state index contributed by atoms with van der Waals surface area (Å²) in [6.07, 6.45) is 0.665. The van der Waals surface area contributed by atoms with Crippen molar-refractivity contribution in [1.29, 1.82) is 0 Å². The van der Waals surface area contributed by atoms with E-state index in [4.69, 9.17) is 27.9 Å². The zero-order valence-electron chi connectivity index (χ0n) is 15.9. The van der Waals surface area contributed by atoms with Crippen molar-refractivity contribution in [1.82, 2.24) is 9.47 Å². The van der Waals surface area contributed by atoms with Crippen molar-refractivity contribution in [3.8, 4) is 0 Å². The summed E-state index contributed by atoms with van der Waals surface area (Å²) < 4.78 is 8.70. The molecule has 2 aromatic carbocycles. The molecule has 1 fully saturated rings. The van der Waals surface area contributed by atoms with E-state index in [2.05, 4.69) is 64.1 Å². The molecule has 0 aliphatic carbocycles. The Balaban J connectivity index is 1.68. The number of aryl methyl sites for hydroxylation is 2. The maximum absolute atomic E-state index is 6.77. The van der Waals surface area contributed by atoms with Crippen LogP contribution in [0.15, 0.2) is 34.8 Å². The number of hydrogen-bond donors (Lipinski definition) is 0. The number of aromatic nitrogens is 1. The van der Waals surface area contributed by atoms with Crippen LogP contribution in [0.25, 0.3) is 10.9 Å². The van der Waals surface area contributed by atoms with E-state index < -0.39 is 0 Å². The molecule has 3 aromatic rings. The molecular weight excluding hydrogens is 459 g/mol. The molecule has 4 rings (SSSR count). The highest BCUT2D eigenvalue weighted by Crippen LogP contribution is 2.34. The smallest absolute Gasteiger partial charge is 0.0980 e. The van der Waals surface area contributed by atoms with Gasteiger partial charge in [-0.2, -0.15) is 0 Å². The lowest BCUT2D eigenvalue weighted by Gasteiger charge is -2.26. The predicted molar refractivity (Wildman–Crippen MR) is 119 cm³/mol. The van der Waals surface area contributed by atoms with Gasteiger partial charge in [0.1, 0.15) is 0 Å². The normalized spacial score (nSPS) is 15.5. The zero-order valence-corrected chi connectivity index (χ0v) is 19.0. The maximum atomic E-state index is 6.77. The predicted octanol–water partition coefficient (Wildman–Crippen LogP) is 5.87. The number of morpholine rings is 1. The van der Waals surface area contributed by atoms with E-state index in [9.17, 15) is 0 Å². The fourth-order valence-electron chi connectivity index (χ4n) is 3.66. The highest BCUT2D eigenvalue weighted by atomic mass is 79.9. The van der Waals surface area contributed by atoms with Gasteiger partial charge < -0.3 is 9.30 Å². The lowest BCUT2D eigenvalue weighted by molar-refractivity contribution is 0.0532. The molecule has 1 saturated heterocycles. The van der Waals surface area contributed by atoms with Crippen LogP contribution in [0, 0.1) is 13.5 Å². The number of nitrogens with zero attached hydrogens (tertiary/aromatic N) is 2. The zero-order chi connectivity index (χ0) is 19.8. The summed E-state index contributed by atoms with van der Waals surface area (Å²) in [5, 5.41) is 2.60. The first kappa shape index (κ1) is 20.2. The molecule has 1 aromatic heterocycles. The molecule has 0 atom stereocenters.